The monoisotopic (exact) mass is 298 g/mol. The van der Waals surface area contributed by atoms with E-state index in [2.05, 4.69) is 61.2 Å². The minimum Gasteiger partial charge on any atom is -0.405 e. The van der Waals surface area contributed by atoms with Crippen LogP contribution >= 0.6 is 0 Å². The Morgan fingerprint density at radius 1 is 0.826 bits per heavy atom. The minimum absolute atomic E-state index is 0.332. The fourth-order valence-electron chi connectivity index (χ4n) is 3.71. The van der Waals surface area contributed by atoms with Gasteiger partial charge in [-0.15, -0.1) is 0 Å². The molecule has 0 saturated carbocycles. The molecule has 2 nitrogen and oxygen atoms in total. The standard InChI is InChI=1S/C20H15BO2/c1-13(21-22-10-11-23-21)18-12-16-6-2-4-14-8-9-15-5-3-7-17(18)20(15)19(14)16/h2-9,12H,1,10-11H2. The molecule has 0 bridgehead atoms. The summed E-state index contributed by atoms with van der Waals surface area (Å²) in [4.78, 5) is 0. The molecule has 4 aromatic rings. The van der Waals surface area contributed by atoms with Gasteiger partial charge >= 0.3 is 7.12 Å². The Morgan fingerprint density at radius 3 is 2.26 bits per heavy atom. The number of hydrogen-bond acceptors (Lipinski definition) is 2. The van der Waals surface area contributed by atoms with E-state index in [1.807, 2.05) is 0 Å². The first-order chi connectivity index (χ1) is 11.3. The fourth-order valence-corrected chi connectivity index (χ4v) is 3.71. The highest BCUT2D eigenvalue weighted by Crippen LogP contribution is 2.39. The quantitative estimate of drug-likeness (QED) is 0.395. The SMILES string of the molecule is C=C(B1OCCO1)c1cc2cccc3ccc4cccc1c4c32. The van der Waals surface area contributed by atoms with E-state index >= 15 is 0 Å². The third kappa shape index (κ3) is 1.84. The lowest BCUT2D eigenvalue weighted by atomic mass is 9.73. The summed E-state index contributed by atoms with van der Waals surface area (Å²) in [5.41, 5.74) is 2.02. The maximum absolute atomic E-state index is 5.66. The molecule has 0 aliphatic carbocycles. The van der Waals surface area contributed by atoms with Crippen LogP contribution in [-0.2, 0) is 9.31 Å². The van der Waals surface area contributed by atoms with Gasteiger partial charge in [-0.25, -0.2) is 0 Å². The maximum Gasteiger partial charge on any atom is 0.494 e. The number of rotatable bonds is 2. The highest BCUT2D eigenvalue weighted by molar-refractivity contribution is 6.69. The van der Waals surface area contributed by atoms with Crippen LogP contribution in [0, 0.1) is 0 Å². The Morgan fingerprint density at radius 2 is 1.48 bits per heavy atom. The lowest BCUT2D eigenvalue weighted by Gasteiger charge is -2.16. The fraction of sp³-hybridized carbons (Fsp3) is 0.100. The van der Waals surface area contributed by atoms with Gasteiger partial charge in [0, 0.05) is 0 Å². The highest BCUT2D eigenvalue weighted by atomic mass is 16.6. The second-order valence-electron chi connectivity index (χ2n) is 6.07. The average Bonchev–Trinajstić information content (AvgIpc) is 3.13. The summed E-state index contributed by atoms with van der Waals surface area (Å²) in [6, 6.07) is 19.5. The van der Waals surface area contributed by atoms with Crippen molar-refractivity contribution in [2.24, 2.45) is 0 Å². The van der Waals surface area contributed by atoms with Crippen molar-refractivity contribution in [1.29, 1.82) is 0 Å². The Labute approximate surface area is 134 Å². The van der Waals surface area contributed by atoms with Crippen molar-refractivity contribution in [2.45, 2.75) is 0 Å². The third-order valence-electron chi connectivity index (χ3n) is 4.76. The minimum atomic E-state index is -0.332. The molecule has 0 spiro atoms. The third-order valence-corrected chi connectivity index (χ3v) is 4.76. The number of benzene rings is 4. The maximum atomic E-state index is 5.66. The first-order valence-electron chi connectivity index (χ1n) is 7.92. The van der Waals surface area contributed by atoms with E-state index in [0.717, 1.165) is 11.0 Å². The molecule has 1 saturated heterocycles. The van der Waals surface area contributed by atoms with E-state index in [1.165, 1.54) is 32.3 Å². The predicted octanol–water partition coefficient (Wildman–Crippen LogP) is 4.67. The highest BCUT2D eigenvalue weighted by Gasteiger charge is 2.29. The molecule has 5 rings (SSSR count). The van der Waals surface area contributed by atoms with Gasteiger partial charge in [-0.3, -0.25) is 0 Å². The summed E-state index contributed by atoms with van der Waals surface area (Å²) in [5.74, 6) is 0. The van der Waals surface area contributed by atoms with E-state index in [9.17, 15) is 0 Å². The predicted molar refractivity (Wildman–Crippen MR) is 96.8 cm³/mol. The van der Waals surface area contributed by atoms with E-state index in [-0.39, 0.29) is 7.12 Å². The summed E-state index contributed by atoms with van der Waals surface area (Å²) in [5, 5.41) is 7.62. The molecular weight excluding hydrogens is 283 g/mol. The molecule has 110 valence electrons. The Balaban J connectivity index is 1.90. The molecule has 0 N–H and O–H groups in total. The van der Waals surface area contributed by atoms with Crippen LogP contribution < -0.4 is 0 Å². The lowest BCUT2D eigenvalue weighted by Crippen LogP contribution is -2.16. The zero-order chi connectivity index (χ0) is 15.4. The van der Waals surface area contributed by atoms with Gasteiger partial charge in [0.25, 0.3) is 0 Å². The lowest BCUT2D eigenvalue weighted by molar-refractivity contribution is 0.365. The van der Waals surface area contributed by atoms with Crippen molar-refractivity contribution in [3.8, 4) is 0 Å². The molecule has 1 aliphatic heterocycles. The van der Waals surface area contributed by atoms with Gasteiger partial charge in [0.1, 0.15) is 0 Å². The Kier molecular flexibility index (Phi) is 2.75. The van der Waals surface area contributed by atoms with Crippen molar-refractivity contribution >= 4 is 44.9 Å². The zero-order valence-corrected chi connectivity index (χ0v) is 12.7. The van der Waals surface area contributed by atoms with E-state index < -0.39 is 0 Å². The molecule has 3 heteroatoms. The molecule has 1 aliphatic rings. The van der Waals surface area contributed by atoms with Gasteiger partial charge in [0.2, 0.25) is 0 Å². The van der Waals surface area contributed by atoms with Crippen molar-refractivity contribution < 1.29 is 9.31 Å². The topological polar surface area (TPSA) is 18.5 Å². The van der Waals surface area contributed by atoms with Crippen molar-refractivity contribution in [3.63, 3.8) is 0 Å². The van der Waals surface area contributed by atoms with Crippen LogP contribution in [0.4, 0.5) is 0 Å². The van der Waals surface area contributed by atoms with E-state index in [4.69, 9.17) is 9.31 Å². The molecule has 0 aromatic heterocycles. The first-order valence-corrected chi connectivity index (χ1v) is 7.92. The van der Waals surface area contributed by atoms with Crippen LogP contribution in [0.1, 0.15) is 5.56 Å². The molecular formula is C20H15BO2. The van der Waals surface area contributed by atoms with Gasteiger partial charge in [0.05, 0.1) is 13.2 Å². The van der Waals surface area contributed by atoms with Crippen molar-refractivity contribution in [1.82, 2.24) is 0 Å². The van der Waals surface area contributed by atoms with Crippen LogP contribution in [0.25, 0.3) is 37.8 Å². The second-order valence-corrected chi connectivity index (χ2v) is 6.07. The number of hydrogen-bond donors (Lipinski definition) is 0. The molecule has 1 fully saturated rings. The van der Waals surface area contributed by atoms with Crippen molar-refractivity contribution in [2.75, 3.05) is 13.2 Å². The van der Waals surface area contributed by atoms with Gasteiger partial charge < -0.3 is 9.31 Å². The van der Waals surface area contributed by atoms with E-state index in [0.29, 0.717) is 13.2 Å². The normalized spacial score (nSPS) is 15.2. The molecule has 0 radical (unpaired) electrons. The summed E-state index contributed by atoms with van der Waals surface area (Å²) in [7, 11) is -0.332. The first kappa shape index (κ1) is 13.1. The van der Waals surface area contributed by atoms with Gasteiger partial charge in [-0.05, 0) is 49.4 Å². The van der Waals surface area contributed by atoms with Crippen LogP contribution in [0.15, 0.2) is 61.2 Å². The van der Waals surface area contributed by atoms with E-state index in [1.54, 1.807) is 0 Å². The van der Waals surface area contributed by atoms with Gasteiger partial charge in [-0.1, -0.05) is 55.1 Å². The average molecular weight is 298 g/mol. The molecule has 23 heavy (non-hydrogen) atoms. The van der Waals surface area contributed by atoms with Crippen LogP contribution in [0.2, 0.25) is 0 Å². The Hall–Kier alpha value is -2.36. The van der Waals surface area contributed by atoms with Gasteiger partial charge in [-0.2, -0.15) is 0 Å². The molecule has 0 amide bonds. The summed E-state index contributed by atoms with van der Waals surface area (Å²) >= 11 is 0. The molecule has 0 atom stereocenters. The summed E-state index contributed by atoms with van der Waals surface area (Å²) in [6.45, 7) is 5.53. The van der Waals surface area contributed by atoms with Crippen LogP contribution in [0.5, 0.6) is 0 Å². The smallest absolute Gasteiger partial charge is 0.405 e. The largest absolute Gasteiger partial charge is 0.494 e. The van der Waals surface area contributed by atoms with Gasteiger partial charge in [0.15, 0.2) is 0 Å². The molecule has 0 unspecified atom stereocenters. The zero-order valence-electron chi connectivity index (χ0n) is 12.7. The molecule has 1 heterocycles. The molecule has 4 aromatic carbocycles. The van der Waals surface area contributed by atoms with Crippen LogP contribution in [0.3, 0.4) is 0 Å². The van der Waals surface area contributed by atoms with Crippen LogP contribution in [-0.4, -0.2) is 20.3 Å². The second kappa shape index (κ2) is 4.82. The van der Waals surface area contributed by atoms with Crippen molar-refractivity contribution in [3.05, 3.63) is 66.7 Å². The Bertz CT molecular complexity index is 1050. The summed E-state index contributed by atoms with van der Waals surface area (Å²) in [6.07, 6.45) is 0. The summed E-state index contributed by atoms with van der Waals surface area (Å²) < 4.78 is 11.3.